The predicted molar refractivity (Wildman–Crippen MR) is 91.2 cm³/mol. The number of halogens is 1. The topological polar surface area (TPSA) is 64.9 Å². The molecule has 1 heterocycles. The number of tetrazole rings is 1. The average Bonchev–Trinajstić information content (AvgIpc) is 2.91. The third-order valence-corrected chi connectivity index (χ3v) is 4.65. The predicted octanol–water partition coefficient (Wildman–Crippen LogP) is 2.64. The summed E-state index contributed by atoms with van der Waals surface area (Å²) in [5.41, 5.74) is 1.24. The second-order valence-electron chi connectivity index (χ2n) is 4.66. The third kappa shape index (κ3) is 5.26. The summed E-state index contributed by atoms with van der Waals surface area (Å²) in [5.74, 6) is 1.88. The van der Waals surface area contributed by atoms with Gasteiger partial charge in [-0.2, -0.15) is 0 Å². The standard InChI is InChI=1S/C14H20BrN5OS/c1-3-21-13-6-5-11(9-12(13)15)10-16-7-4-8-22-14-17-18-19-20(14)2/h5-6,9,16H,3-4,7-8,10H2,1-2H3. The van der Waals surface area contributed by atoms with Crippen LogP contribution in [-0.2, 0) is 13.6 Å². The van der Waals surface area contributed by atoms with Gasteiger partial charge in [0.2, 0.25) is 5.16 Å². The van der Waals surface area contributed by atoms with Gasteiger partial charge in [-0.1, -0.05) is 17.8 Å². The fourth-order valence-electron chi connectivity index (χ4n) is 1.86. The van der Waals surface area contributed by atoms with E-state index in [2.05, 4.69) is 48.9 Å². The van der Waals surface area contributed by atoms with Crippen molar-refractivity contribution in [2.24, 2.45) is 7.05 Å². The highest BCUT2D eigenvalue weighted by molar-refractivity contribution is 9.10. The van der Waals surface area contributed by atoms with Crippen molar-refractivity contribution in [2.75, 3.05) is 18.9 Å². The van der Waals surface area contributed by atoms with E-state index < -0.39 is 0 Å². The van der Waals surface area contributed by atoms with Crippen molar-refractivity contribution in [3.05, 3.63) is 28.2 Å². The maximum absolute atomic E-state index is 5.51. The molecule has 22 heavy (non-hydrogen) atoms. The Morgan fingerprint density at radius 1 is 1.41 bits per heavy atom. The fraction of sp³-hybridized carbons (Fsp3) is 0.500. The van der Waals surface area contributed by atoms with Crippen LogP contribution in [0.2, 0.25) is 0 Å². The molecule has 1 aromatic heterocycles. The van der Waals surface area contributed by atoms with Crippen LogP contribution in [0.5, 0.6) is 5.75 Å². The lowest BCUT2D eigenvalue weighted by atomic mass is 10.2. The Labute approximate surface area is 143 Å². The van der Waals surface area contributed by atoms with Crippen LogP contribution in [0.3, 0.4) is 0 Å². The van der Waals surface area contributed by atoms with Crippen molar-refractivity contribution < 1.29 is 4.74 Å². The number of aromatic nitrogens is 4. The van der Waals surface area contributed by atoms with E-state index in [1.54, 1.807) is 16.4 Å². The smallest absolute Gasteiger partial charge is 0.209 e. The maximum atomic E-state index is 5.51. The quantitative estimate of drug-likeness (QED) is 0.528. The molecule has 1 N–H and O–H groups in total. The molecule has 1 aromatic carbocycles. The van der Waals surface area contributed by atoms with Gasteiger partial charge in [-0.15, -0.1) is 5.10 Å². The molecule has 0 unspecified atom stereocenters. The van der Waals surface area contributed by atoms with Gasteiger partial charge in [0.15, 0.2) is 0 Å². The van der Waals surface area contributed by atoms with Gasteiger partial charge in [0, 0.05) is 19.3 Å². The Hall–Kier alpha value is -1.12. The molecule has 0 fully saturated rings. The minimum absolute atomic E-state index is 0.675. The van der Waals surface area contributed by atoms with Gasteiger partial charge in [-0.3, -0.25) is 0 Å². The van der Waals surface area contributed by atoms with Crippen molar-refractivity contribution >= 4 is 27.7 Å². The van der Waals surface area contributed by atoms with E-state index >= 15 is 0 Å². The first-order valence-electron chi connectivity index (χ1n) is 7.17. The van der Waals surface area contributed by atoms with Crippen LogP contribution >= 0.6 is 27.7 Å². The number of aryl methyl sites for hydroxylation is 1. The van der Waals surface area contributed by atoms with Crippen LogP contribution < -0.4 is 10.1 Å². The average molecular weight is 386 g/mol. The van der Waals surface area contributed by atoms with Crippen LogP contribution in [0.15, 0.2) is 27.8 Å². The molecule has 0 saturated carbocycles. The molecular formula is C14H20BrN5OS. The summed E-state index contributed by atoms with van der Waals surface area (Å²) in [6.45, 7) is 4.47. The number of benzene rings is 1. The number of nitrogens with zero attached hydrogens (tertiary/aromatic N) is 4. The fourth-order valence-corrected chi connectivity index (χ4v) is 3.19. The summed E-state index contributed by atoms with van der Waals surface area (Å²) in [6, 6.07) is 6.18. The van der Waals surface area contributed by atoms with Crippen molar-refractivity contribution in [3.8, 4) is 5.75 Å². The van der Waals surface area contributed by atoms with Crippen molar-refractivity contribution in [2.45, 2.75) is 25.0 Å². The normalized spacial score (nSPS) is 10.9. The highest BCUT2D eigenvalue weighted by atomic mass is 79.9. The van der Waals surface area contributed by atoms with E-state index in [1.807, 2.05) is 20.0 Å². The molecule has 0 aliphatic carbocycles. The first kappa shape index (κ1) is 17.2. The number of hydrogen-bond donors (Lipinski definition) is 1. The van der Waals surface area contributed by atoms with Crippen LogP contribution in [-0.4, -0.2) is 39.1 Å². The van der Waals surface area contributed by atoms with Gasteiger partial charge < -0.3 is 10.1 Å². The largest absolute Gasteiger partial charge is 0.493 e. The number of hydrogen-bond acceptors (Lipinski definition) is 6. The summed E-state index contributed by atoms with van der Waals surface area (Å²) < 4.78 is 8.20. The Bertz CT molecular complexity index is 592. The summed E-state index contributed by atoms with van der Waals surface area (Å²) in [6.07, 6.45) is 1.07. The molecule has 0 saturated heterocycles. The Kier molecular flexibility index (Phi) is 7.14. The van der Waals surface area contributed by atoms with E-state index in [4.69, 9.17) is 4.74 Å². The van der Waals surface area contributed by atoms with Gasteiger partial charge in [0.1, 0.15) is 5.75 Å². The van der Waals surface area contributed by atoms with E-state index in [9.17, 15) is 0 Å². The third-order valence-electron chi connectivity index (χ3n) is 2.94. The molecule has 0 amide bonds. The second kappa shape index (κ2) is 9.12. The molecule has 0 atom stereocenters. The zero-order valence-corrected chi connectivity index (χ0v) is 15.2. The summed E-state index contributed by atoms with van der Waals surface area (Å²) in [7, 11) is 1.85. The van der Waals surface area contributed by atoms with Crippen LogP contribution in [0.25, 0.3) is 0 Å². The number of nitrogens with one attached hydrogen (secondary N) is 1. The van der Waals surface area contributed by atoms with Gasteiger partial charge in [0.25, 0.3) is 0 Å². The molecule has 6 nitrogen and oxygen atoms in total. The van der Waals surface area contributed by atoms with Gasteiger partial charge >= 0.3 is 0 Å². The van der Waals surface area contributed by atoms with Crippen LogP contribution in [0.4, 0.5) is 0 Å². The molecular weight excluding hydrogens is 366 g/mol. The lowest BCUT2D eigenvalue weighted by Crippen LogP contribution is -2.15. The molecule has 120 valence electrons. The van der Waals surface area contributed by atoms with E-state index in [0.29, 0.717) is 6.61 Å². The van der Waals surface area contributed by atoms with Gasteiger partial charge in [-0.05, 0) is 63.9 Å². The molecule has 0 bridgehead atoms. The number of ether oxygens (including phenoxy) is 1. The van der Waals surface area contributed by atoms with Crippen molar-refractivity contribution in [1.82, 2.24) is 25.5 Å². The van der Waals surface area contributed by atoms with Crippen LogP contribution in [0, 0.1) is 0 Å². The molecule has 0 spiro atoms. The lowest BCUT2D eigenvalue weighted by molar-refractivity contribution is 0.338. The maximum Gasteiger partial charge on any atom is 0.209 e. The molecule has 0 radical (unpaired) electrons. The van der Waals surface area contributed by atoms with Crippen LogP contribution in [0.1, 0.15) is 18.9 Å². The highest BCUT2D eigenvalue weighted by Crippen LogP contribution is 2.25. The first-order chi connectivity index (χ1) is 10.7. The minimum Gasteiger partial charge on any atom is -0.493 e. The minimum atomic E-state index is 0.675. The zero-order valence-electron chi connectivity index (χ0n) is 12.8. The van der Waals surface area contributed by atoms with Crippen molar-refractivity contribution in [3.63, 3.8) is 0 Å². The number of thioether (sulfide) groups is 1. The first-order valence-corrected chi connectivity index (χ1v) is 8.95. The number of rotatable bonds is 9. The molecule has 0 aliphatic rings. The monoisotopic (exact) mass is 385 g/mol. The summed E-state index contributed by atoms with van der Waals surface area (Å²) >= 11 is 5.21. The molecule has 2 aromatic rings. The SMILES string of the molecule is CCOc1ccc(CNCCCSc2nnnn2C)cc1Br. The molecule has 2 rings (SSSR count). The zero-order chi connectivity index (χ0) is 15.8. The van der Waals surface area contributed by atoms with Crippen molar-refractivity contribution in [1.29, 1.82) is 0 Å². The van der Waals surface area contributed by atoms with E-state index in [0.717, 1.165) is 40.6 Å². The Morgan fingerprint density at radius 2 is 2.27 bits per heavy atom. The molecule has 0 aliphatic heterocycles. The lowest BCUT2D eigenvalue weighted by Gasteiger charge is -2.09. The molecule has 8 heteroatoms. The second-order valence-corrected chi connectivity index (χ2v) is 6.58. The van der Waals surface area contributed by atoms with Gasteiger partial charge in [-0.25, -0.2) is 4.68 Å². The Morgan fingerprint density at radius 3 is 2.95 bits per heavy atom. The van der Waals surface area contributed by atoms with E-state index in [1.165, 1.54) is 5.56 Å². The van der Waals surface area contributed by atoms with Gasteiger partial charge in [0.05, 0.1) is 11.1 Å². The van der Waals surface area contributed by atoms with E-state index in [-0.39, 0.29) is 0 Å². The highest BCUT2D eigenvalue weighted by Gasteiger charge is 2.03. The summed E-state index contributed by atoms with van der Waals surface area (Å²) in [5, 5.41) is 15.7. The Balaban J connectivity index is 1.64. The summed E-state index contributed by atoms with van der Waals surface area (Å²) in [4.78, 5) is 0.